The fourth-order valence-corrected chi connectivity index (χ4v) is 2.07. The van der Waals surface area contributed by atoms with Crippen molar-refractivity contribution in [3.63, 3.8) is 0 Å². The minimum Gasteiger partial charge on any atom is -0.506 e. The number of likely N-dealkylation sites (N-methyl/N-ethyl adjacent to an activating group) is 1. The smallest absolute Gasteiger partial charge is 0.491 e. The van der Waals surface area contributed by atoms with E-state index < -0.39 is 7.12 Å². The summed E-state index contributed by atoms with van der Waals surface area (Å²) in [7, 11) is 1.47. The van der Waals surface area contributed by atoms with Gasteiger partial charge in [-0.2, -0.15) is 0 Å². The summed E-state index contributed by atoms with van der Waals surface area (Å²) < 4.78 is 12.1. The molecule has 1 aliphatic rings. The maximum absolute atomic E-state index is 9.30. The minimum absolute atomic E-state index is 0.151. The lowest BCUT2D eigenvalue weighted by Gasteiger charge is -2.32. The maximum Gasteiger partial charge on any atom is 0.491 e. The van der Waals surface area contributed by atoms with E-state index in [4.69, 9.17) is 9.31 Å². The van der Waals surface area contributed by atoms with E-state index in [1.165, 1.54) is 6.20 Å². The van der Waals surface area contributed by atoms with Crippen LogP contribution in [0.15, 0.2) is 23.8 Å². The van der Waals surface area contributed by atoms with E-state index in [1.54, 1.807) is 12.1 Å². The molecule has 0 spiro atoms. The molecule has 2 heterocycles. The molecule has 1 aromatic rings. The maximum atomic E-state index is 9.30. The van der Waals surface area contributed by atoms with Gasteiger partial charge < -0.3 is 19.7 Å². The summed E-state index contributed by atoms with van der Waals surface area (Å²) in [4.78, 5) is 4.18. The Morgan fingerprint density at radius 3 is 2.38 bits per heavy atom. The van der Waals surface area contributed by atoms with Crippen LogP contribution in [0.4, 0.5) is 0 Å². The molecule has 0 bridgehead atoms. The van der Waals surface area contributed by atoms with Crippen LogP contribution in [0.3, 0.4) is 0 Å². The number of hydrogen-bond donors (Lipinski definition) is 2. The van der Waals surface area contributed by atoms with Crippen molar-refractivity contribution in [2.45, 2.75) is 38.9 Å². The summed E-state index contributed by atoms with van der Waals surface area (Å²) in [5.41, 5.74) is 0.988. The van der Waals surface area contributed by atoms with Gasteiger partial charge in [-0.25, -0.2) is 0 Å². The molecule has 1 fully saturated rings. The van der Waals surface area contributed by atoms with Gasteiger partial charge in [-0.15, -0.1) is 0 Å². The molecule has 2 rings (SSSR count). The van der Waals surface area contributed by atoms with Crippen LogP contribution in [-0.4, -0.2) is 42.0 Å². The van der Waals surface area contributed by atoms with Gasteiger partial charge in [-0.1, -0.05) is 0 Å². The zero-order chi connectivity index (χ0) is 15.7. The lowest BCUT2D eigenvalue weighted by Crippen LogP contribution is -2.41. The number of aromatic nitrogens is 1. The first-order valence-corrected chi connectivity index (χ1v) is 7.11. The number of aromatic hydroxyl groups is 1. The van der Waals surface area contributed by atoms with Crippen LogP contribution in [0.5, 0.6) is 5.75 Å². The zero-order valence-electron chi connectivity index (χ0n) is 13.3. The van der Waals surface area contributed by atoms with Gasteiger partial charge in [0.05, 0.1) is 23.1 Å². The highest BCUT2D eigenvalue weighted by molar-refractivity contribution is 6.55. The van der Waals surface area contributed by atoms with E-state index in [1.807, 2.05) is 40.8 Å². The Morgan fingerprint density at radius 2 is 1.90 bits per heavy atom. The van der Waals surface area contributed by atoms with Gasteiger partial charge >= 0.3 is 7.12 Å². The van der Waals surface area contributed by atoms with Gasteiger partial charge in [0, 0.05) is 6.54 Å². The first-order valence-electron chi connectivity index (χ1n) is 7.11. The second kappa shape index (κ2) is 5.79. The van der Waals surface area contributed by atoms with Gasteiger partial charge in [-0.3, -0.25) is 4.98 Å². The molecule has 21 heavy (non-hydrogen) atoms. The third-order valence-electron chi connectivity index (χ3n) is 4.04. The molecule has 5 nitrogen and oxygen atoms in total. The van der Waals surface area contributed by atoms with Crippen molar-refractivity contribution in [2.24, 2.45) is 0 Å². The van der Waals surface area contributed by atoms with Crippen molar-refractivity contribution in [3.8, 4) is 5.75 Å². The quantitative estimate of drug-likeness (QED) is 0.831. The Balaban J connectivity index is 2.26. The van der Waals surface area contributed by atoms with Gasteiger partial charge in [0.1, 0.15) is 5.75 Å². The predicted octanol–water partition coefficient (Wildman–Crippen LogP) is 2.02. The van der Waals surface area contributed by atoms with Crippen LogP contribution in [0.25, 0.3) is 6.08 Å². The monoisotopic (exact) mass is 290 g/mol. The van der Waals surface area contributed by atoms with E-state index in [2.05, 4.69) is 10.3 Å². The molecular weight excluding hydrogens is 267 g/mol. The molecule has 1 saturated heterocycles. The number of nitrogens with zero attached hydrogens (tertiary/aromatic N) is 1. The van der Waals surface area contributed by atoms with Gasteiger partial charge in [0.25, 0.3) is 0 Å². The normalized spacial score (nSPS) is 20.8. The van der Waals surface area contributed by atoms with Gasteiger partial charge in [-0.05, 0) is 58.4 Å². The van der Waals surface area contributed by atoms with Gasteiger partial charge in [0.2, 0.25) is 0 Å². The first kappa shape index (κ1) is 16.0. The topological polar surface area (TPSA) is 63.6 Å². The van der Waals surface area contributed by atoms with Crippen molar-refractivity contribution >= 4 is 13.2 Å². The fourth-order valence-electron chi connectivity index (χ4n) is 2.07. The lowest BCUT2D eigenvalue weighted by atomic mass is 9.77. The van der Waals surface area contributed by atoms with Crippen LogP contribution in [0, 0.1) is 0 Å². The number of nitrogens with one attached hydrogen (secondary N) is 1. The highest BCUT2D eigenvalue weighted by atomic mass is 16.7. The number of rotatable bonds is 4. The summed E-state index contributed by atoms with van der Waals surface area (Å²) in [6, 6.07) is 3.37. The fraction of sp³-hybridized carbons (Fsp3) is 0.533. The molecule has 0 aliphatic carbocycles. The molecule has 0 saturated carbocycles. The minimum atomic E-state index is -0.405. The molecule has 0 amide bonds. The Morgan fingerprint density at radius 1 is 1.29 bits per heavy atom. The van der Waals surface area contributed by atoms with Crippen LogP contribution in [-0.2, 0) is 9.31 Å². The van der Waals surface area contributed by atoms with E-state index >= 15 is 0 Å². The summed E-state index contributed by atoms with van der Waals surface area (Å²) >= 11 is 0. The van der Waals surface area contributed by atoms with Crippen molar-refractivity contribution in [1.82, 2.24) is 10.3 Å². The van der Waals surface area contributed by atoms with Crippen molar-refractivity contribution < 1.29 is 14.4 Å². The molecule has 114 valence electrons. The Hall–Kier alpha value is -1.37. The lowest BCUT2D eigenvalue weighted by molar-refractivity contribution is 0.00578. The number of hydrogen-bond acceptors (Lipinski definition) is 5. The molecule has 1 aliphatic heterocycles. The van der Waals surface area contributed by atoms with E-state index in [0.29, 0.717) is 6.54 Å². The van der Waals surface area contributed by atoms with Crippen LogP contribution in [0.1, 0.15) is 33.4 Å². The SMILES string of the molecule is CNCC(=Cc1ccc(O)cn1)B1OC(C)(C)C(C)(C)O1. The summed E-state index contributed by atoms with van der Waals surface area (Å²) in [6.45, 7) is 8.76. The highest BCUT2D eigenvalue weighted by Gasteiger charge is 2.52. The standard InChI is InChI=1S/C15H23BN2O3/c1-14(2)15(3,4)21-16(20-14)11(9-17-5)8-12-6-7-13(19)10-18-12/h6-8,10,17,19H,9H2,1-5H3. The first-order chi connectivity index (χ1) is 9.75. The average molecular weight is 290 g/mol. The molecule has 0 radical (unpaired) electrons. The Bertz CT molecular complexity index is 510. The molecule has 0 aromatic carbocycles. The molecule has 2 N–H and O–H groups in total. The largest absolute Gasteiger partial charge is 0.506 e. The average Bonchev–Trinajstić information content (AvgIpc) is 2.60. The molecule has 0 unspecified atom stereocenters. The zero-order valence-corrected chi connectivity index (χ0v) is 13.3. The summed E-state index contributed by atoms with van der Waals surface area (Å²) in [6.07, 6.45) is 3.35. The third kappa shape index (κ3) is 3.45. The third-order valence-corrected chi connectivity index (χ3v) is 4.04. The summed E-state index contributed by atoms with van der Waals surface area (Å²) in [5.74, 6) is 0.151. The van der Waals surface area contributed by atoms with E-state index in [0.717, 1.165) is 11.2 Å². The number of pyridine rings is 1. The Kier molecular flexibility index (Phi) is 4.42. The van der Waals surface area contributed by atoms with Crippen molar-refractivity contribution in [3.05, 3.63) is 29.5 Å². The van der Waals surface area contributed by atoms with Crippen molar-refractivity contribution in [1.29, 1.82) is 0 Å². The summed E-state index contributed by atoms with van der Waals surface area (Å²) in [5, 5.41) is 12.4. The van der Waals surface area contributed by atoms with Gasteiger partial charge in [0.15, 0.2) is 0 Å². The van der Waals surface area contributed by atoms with E-state index in [-0.39, 0.29) is 17.0 Å². The highest BCUT2D eigenvalue weighted by Crippen LogP contribution is 2.38. The van der Waals surface area contributed by atoms with Crippen molar-refractivity contribution in [2.75, 3.05) is 13.6 Å². The molecule has 1 aromatic heterocycles. The van der Waals surface area contributed by atoms with E-state index in [9.17, 15) is 5.11 Å². The van der Waals surface area contributed by atoms with Crippen LogP contribution >= 0.6 is 0 Å². The molecule has 6 heteroatoms. The van der Waals surface area contributed by atoms with Crippen LogP contribution < -0.4 is 5.32 Å². The predicted molar refractivity (Wildman–Crippen MR) is 83.9 cm³/mol. The second-order valence-corrected chi connectivity index (χ2v) is 6.28. The van der Waals surface area contributed by atoms with Crippen LogP contribution in [0.2, 0.25) is 0 Å². The second-order valence-electron chi connectivity index (χ2n) is 6.28. The molecular formula is C15H23BN2O3. The Labute approximate surface area is 126 Å². The molecule has 0 atom stereocenters.